The van der Waals surface area contributed by atoms with Gasteiger partial charge in [0.2, 0.25) is 0 Å². The van der Waals surface area contributed by atoms with Gasteiger partial charge in [0.05, 0.1) is 6.26 Å². The maximum Gasteiger partial charge on any atom is 0.197 e. The zero-order valence-electron chi connectivity index (χ0n) is 8.48. The molecule has 0 saturated heterocycles. The van der Waals surface area contributed by atoms with Gasteiger partial charge in [-0.15, -0.1) is 0 Å². The van der Waals surface area contributed by atoms with Gasteiger partial charge in [-0.1, -0.05) is 6.92 Å². The molecule has 0 aliphatic heterocycles. The molecular formula is C10H17ClN2O. The van der Waals surface area contributed by atoms with Crippen molar-refractivity contribution < 1.29 is 4.42 Å². The van der Waals surface area contributed by atoms with Gasteiger partial charge in [-0.25, -0.2) is 0 Å². The molecule has 80 valence electrons. The summed E-state index contributed by atoms with van der Waals surface area (Å²) in [6, 6.07) is 1.89. The van der Waals surface area contributed by atoms with Gasteiger partial charge >= 0.3 is 0 Å². The molecule has 0 atom stereocenters. The van der Waals surface area contributed by atoms with Gasteiger partial charge in [-0.3, -0.25) is 0 Å². The lowest BCUT2D eigenvalue weighted by molar-refractivity contribution is 0.559. The van der Waals surface area contributed by atoms with E-state index in [0.29, 0.717) is 5.22 Å². The number of hydrogen-bond acceptors (Lipinski definition) is 3. The topological polar surface area (TPSA) is 37.2 Å². The molecule has 0 aliphatic carbocycles. The zero-order chi connectivity index (χ0) is 10.2. The molecule has 14 heavy (non-hydrogen) atoms. The number of nitrogens with one attached hydrogen (secondary N) is 2. The van der Waals surface area contributed by atoms with Gasteiger partial charge in [0.1, 0.15) is 0 Å². The fourth-order valence-corrected chi connectivity index (χ4v) is 1.36. The van der Waals surface area contributed by atoms with Gasteiger partial charge < -0.3 is 15.1 Å². The molecule has 1 aromatic rings. The minimum atomic E-state index is 0.490. The van der Waals surface area contributed by atoms with E-state index in [0.717, 1.165) is 38.2 Å². The summed E-state index contributed by atoms with van der Waals surface area (Å²) < 4.78 is 4.97. The van der Waals surface area contributed by atoms with Crippen LogP contribution in [0, 0.1) is 0 Å². The number of furan rings is 1. The van der Waals surface area contributed by atoms with E-state index in [2.05, 4.69) is 17.6 Å². The van der Waals surface area contributed by atoms with Crippen LogP contribution in [0.5, 0.6) is 0 Å². The van der Waals surface area contributed by atoms with Crippen molar-refractivity contribution in [1.82, 2.24) is 10.6 Å². The van der Waals surface area contributed by atoms with Crippen molar-refractivity contribution in [1.29, 1.82) is 0 Å². The smallest absolute Gasteiger partial charge is 0.197 e. The van der Waals surface area contributed by atoms with Crippen LogP contribution < -0.4 is 10.6 Å². The predicted molar refractivity (Wildman–Crippen MR) is 58.6 cm³/mol. The Hall–Kier alpha value is -0.510. The molecule has 0 bridgehead atoms. The summed E-state index contributed by atoms with van der Waals surface area (Å²) in [5, 5.41) is 7.06. The average Bonchev–Trinajstić information content (AvgIpc) is 2.58. The first-order valence-corrected chi connectivity index (χ1v) is 5.35. The fourth-order valence-electron chi connectivity index (χ4n) is 1.18. The Labute approximate surface area is 89.8 Å². The second kappa shape index (κ2) is 6.87. The summed E-state index contributed by atoms with van der Waals surface area (Å²) in [5.41, 5.74) is 1.02. The third kappa shape index (κ3) is 4.13. The molecule has 0 radical (unpaired) electrons. The molecule has 0 saturated carbocycles. The largest absolute Gasteiger partial charge is 0.453 e. The highest BCUT2D eigenvalue weighted by molar-refractivity contribution is 6.29. The number of hydrogen-bond donors (Lipinski definition) is 2. The molecule has 0 fully saturated rings. The van der Waals surface area contributed by atoms with Gasteiger partial charge in [0.15, 0.2) is 5.22 Å². The van der Waals surface area contributed by atoms with E-state index < -0.39 is 0 Å². The van der Waals surface area contributed by atoms with Crippen molar-refractivity contribution in [3.8, 4) is 0 Å². The van der Waals surface area contributed by atoms with Crippen molar-refractivity contribution in [2.75, 3.05) is 19.6 Å². The molecule has 0 aromatic carbocycles. The Morgan fingerprint density at radius 1 is 1.36 bits per heavy atom. The van der Waals surface area contributed by atoms with Crippen molar-refractivity contribution in [2.45, 2.75) is 19.9 Å². The van der Waals surface area contributed by atoms with Crippen LogP contribution in [0.15, 0.2) is 16.7 Å². The highest BCUT2D eigenvalue weighted by Crippen LogP contribution is 2.15. The lowest BCUT2D eigenvalue weighted by Crippen LogP contribution is -2.21. The highest BCUT2D eigenvalue weighted by Gasteiger charge is 2.01. The monoisotopic (exact) mass is 216 g/mol. The first kappa shape index (κ1) is 11.6. The molecule has 1 aromatic heterocycles. The van der Waals surface area contributed by atoms with Crippen LogP contribution in [0.4, 0.5) is 0 Å². The Kier molecular flexibility index (Phi) is 5.68. The molecule has 1 rings (SSSR count). The predicted octanol–water partition coefficient (Wildman–Crippen LogP) is 2.02. The molecule has 1 heterocycles. The maximum absolute atomic E-state index is 5.78. The van der Waals surface area contributed by atoms with Crippen LogP contribution in [-0.2, 0) is 6.54 Å². The minimum absolute atomic E-state index is 0.490. The lowest BCUT2D eigenvalue weighted by atomic mass is 10.3. The number of rotatable bonds is 7. The molecule has 0 unspecified atom stereocenters. The van der Waals surface area contributed by atoms with E-state index in [1.807, 2.05) is 6.07 Å². The van der Waals surface area contributed by atoms with Crippen molar-refractivity contribution in [3.05, 3.63) is 23.1 Å². The molecular weight excluding hydrogens is 200 g/mol. The Morgan fingerprint density at radius 2 is 2.14 bits per heavy atom. The second-order valence-electron chi connectivity index (χ2n) is 3.10. The summed E-state index contributed by atoms with van der Waals surface area (Å²) >= 11 is 5.78. The normalized spacial score (nSPS) is 10.7. The molecule has 4 heteroatoms. The van der Waals surface area contributed by atoms with E-state index >= 15 is 0 Å². The van der Waals surface area contributed by atoms with Gasteiger partial charge in [-0.2, -0.15) is 0 Å². The van der Waals surface area contributed by atoms with Gasteiger partial charge in [0.25, 0.3) is 0 Å². The highest BCUT2D eigenvalue weighted by atomic mass is 35.5. The van der Waals surface area contributed by atoms with Crippen LogP contribution >= 0.6 is 11.6 Å². The van der Waals surface area contributed by atoms with Gasteiger partial charge in [-0.05, 0) is 43.7 Å². The van der Waals surface area contributed by atoms with Gasteiger partial charge in [0, 0.05) is 12.1 Å². The van der Waals surface area contributed by atoms with Crippen LogP contribution in [-0.4, -0.2) is 19.6 Å². The van der Waals surface area contributed by atoms with E-state index in [1.54, 1.807) is 6.26 Å². The van der Waals surface area contributed by atoms with Crippen molar-refractivity contribution in [2.24, 2.45) is 0 Å². The molecule has 0 amide bonds. The van der Waals surface area contributed by atoms with E-state index in [9.17, 15) is 0 Å². The molecule has 2 N–H and O–H groups in total. The van der Waals surface area contributed by atoms with Crippen LogP contribution in [0.1, 0.15) is 18.9 Å². The first-order valence-electron chi connectivity index (χ1n) is 4.98. The third-order valence-electron chi connectivity index (χ3n) is 1.97. The quantitative estimate of drug-likeness (QED) is 0.685. The lowest BCUT2D eigenvalue weighted by Gasteiger charge is -2.03. The van der Waals surface area contributed by atoms with Crippen molar-refractivity contribution in [3.63, 3.8) is 0 Å². The molecule has 3 nitrogen and oxygen atoms in total. The van der Waals surface area contributed by atoms with Crippen molar-refractivity contribution >= 4 is 11.6 Å². The Balaban J connectivity index is 2.02. The number of halogens is 1. The van der Waals surface area contributed by atoms with Crippen LogP contribution in [0.2, 0.25) is 5.22 Å². The molecule has 0 spiro atoms. The first-order chi connectivity index (χ1) is 6.84. The average molecular weight is 217 g/mol. The fraction of sp³-hybridized carbons (Fsp3) is 0.600. The Morgan fingerprint density at radius 3 is 2.79 bits per heavy atom. The van der Waals surface area contributed by atoms with Crippen LogP contribution in [0.3, 0.4) is 0 Å². The maximum atomic E-state index is 5.78. The summed E-state index contributed by atoms with van der Waals surface area (Å²) in [4.78, 5) is 0. The SMILES string of the molecule is CCNCCCNCc1ccoc1Cl. The minimum Gasteiger partial charge on any atom is -0.453 e. The summed E-state index contributed by atoms with van der Waals surface area (Å²) in [6.07, 6.45) is 2.74. The van der Waals surface area contributed by atoms with Crippen LogP contribution in [0.25, 0.3) is 0 Å². The van der Waals surface area contributed by atoms with E-state index in [1.165, 1.54) is 0 Å². The summed E-state index contributed by atoms with van der Waals surface area (Å²) in [5.74, 6) is 0. The van der Waals surface area contributed by atoms with E-state index in [-0.39, 0.29) is 0 Å². The standard InChI is InChI=1S/C10H17ClN2O/c1-2-12-5-3-6-13-8-9-4-7-14-10(9)11/h4,7,12-13H,2-3,5-6,8H2,1H3. The Bertz CT molecular complexity index is 250. The van der Waals surface area contributed by atoms with E-state index in [4.69, 9.17) is 16.0 Å². The summed E-state index contributed by atoms with van der Waals surface area (Å²) in [7, 11) is 0. The second-order valence-corrected chi connectivity index (χ2v) is 3.45. The summed E-state index contributed by atoms with van der Waals surface area (Å²) in [6.45, 7) is 5.98. The molecule has 0 aliphatic rings. The zero-order valence-corrected chi connectivity index (χ0v) is 9.23. The third-order valence-corrected chi connectivity index (χ3v) is 2.30.